The maximum atomic E-state index is 6.06. The van der Waals surface area contributed by atoms with Crippen molar-refractivity contribution in [3.8, 4) is 0 Å². The Bertz CT molecular complexity index is 297. The molecular weight excluding hydrogens is 228 g/mol. The molecule has 15 heavy (non-hydrogen) atoms. The summed E-state index contributed by atoms with van der Waals surface area (Å²) >= 11 is 7.96. The van der Waals surface area contributed by atoms with Crippen molar-refractivity contribution in [3.63, 3.8) is 0 Å². The van der Waals surface area contributed by atoms with Gasteiger partial charge in [-0.05, 0) is 24.8 Å². The summed E-state index contributed by atoms with van der Waals surface area (Å²) in [5.41, 5.74) is 7.40. The van der Waals surface area contributed by atoms with Crippen molar-refractivity contribution in [1.29, 1.82) is 0 Å². The molecule has 0 aliphatic carbocycles. The van der Waals surface area contributed by atoms with E-state index in [4.69, 9.17) is 17.3 Å². The molecule has 4 heteroatoms. The van der Waals surface area contributed by atoms with Crippen molar-refractivity contribution in [2.24, 2.45) is 0 Å². The molecule has 1 aromatic rings. The summed E-state index contributed by atoms with van der Waals surface area (Å²) in [6, 6.07) is 5.93. The van der Waals surface area contributed by atoms with Crippen molar-refractivity contribution in [1.82, 2.24) is 0 Å². The number of nitrogens with one attached hydrogen (secondary N) is 1. The minimum atomic E-state index is 0.372. The highest BCUT2D eigenvalue weighted by Gasteiger charge is 2.07. The van der Waals surface area contributed by atoms with Crippen LogP contribution in [-0.2, 0) is 0 Å². The van der Waals surface area contributed by atoms with Crippen molar-refractivity contribution in [2.45, 2.75) is 19.9 Å². The van der Waals surface area contributed by atoms with Crippen LogP contribution < -0.4 is 11.1 Å². The van der Waals surface area contributed by atoms with E-state index in [9.17, 15) is 0 Å². The average molecular weight is 245 g/mol. The molecule has 0 amide bonds. The van der Waals surface area contributed by atoms with E-state index in [2.05, 4.69) is 19.2 Å². The number of nitrogens with two attached hydrogens (primary N) is 1. The molecule has 1 aromatic carbocycles. The van der Waals surface area contributed by atoms with Crippen LogP contribution in [0.2, 0.25) is 5.02 Å². The van der Waals surface area contributed by atoms with E-state index in [-0.39, 0.29) is 0 Å². The smallest absolute Gasteiger partial charge is 0.0765 e. The maximum absolute atomic E-state index is 6.06. The van der Waals surface area contributed by atoms with Crippen molar-refractivity contribution < 1.29 is 0 Å². The Hall–Kier alpha value is -0.540. The fourth-order valence-corrected chi connectivity index (χ4v) is 2.18. The van der Waals surface area contributed by atoms with Gasteiger partial charge in [-0.15, -0.1) is 0 Å². The second-order valence-electron chi connectivity index (χ2n) is 3.41. The highest BCUT2D eigenvalue weighted by Crippen LogP contribution is 2.28. The number of rotatable bonds is 5. The van der Waals surface area contributed by atoms with Crippen LogP contribution in [-0.4, -0.2) is 17.5 Å². The zero-order valence-electron chi connectivity index (χ0n) is 9.09. The molecule has 0 radical (unpaired) electrons. The molecule has 84 valence electrons. The minimum Gasteiger partial charge on any atom is -0.397 e. The van der Waals surface area contributed by atoms with Gasteiger partial charge < -0.3 is 11.1 Å². The topological polar surface area (TPSA) is 38.0 Å². The first-order valence-corrected chi connectivity index (χ1v) is 6.56. The molecule has 0 saturated carbocycles. The van der Waals surface area contributed by atoms with Gasteiger partial charge in [0.15, 0.2) is 0 Å². The predicted octanol–water partition coefficient (Wildman–Crippen LogP) is 3.48. The van der Waals surface area contributed by atoms with Gasteiger partial charge in [0.25, 0.3) is 0 Å². The highest BCUT2D eigenvalue weighted by molar-refractivity contribution is 7.99. The lowest BCUT2D eigenvalue weighted by Gasteiger charge is -2.17. The van der Waals surface area contributed by atoms with Gasteiger partial charge >= 0.3 is 0 Å². The quantitative estimate of drug-likeness (QED) is 0.779. The fraction of sp³-hybridized carbons (Fsp3) is 0.455. The Morgan fingerprint density at radius 2 is 2.27 bits per heavy atom. The van der Waals surface area contributed by atoms with E-state index >= 15 is 0 Å². The zero-order valence-corrected chi connectivity index (χ0v) is 10.7. The summed E-state index contributed by atoms with van der Waals surface area (Å²) in [4.78, 5) is 0. The van der Waals surface area contributed by atoms with E-state index in [0.717, 1.165) is 17.2 Å². The number of nitrogen functional groups attached to an aromatic ring is 1. The molecule has 3 N–H and O–H groups in total. The Balaban J connectivity index is 2.63. The van der Waals surface area contributed by atoms with Crippen LogP contribution in [0.1, 0.15) is 13.8 Å². The van der Waals surface area contributed by atoms with E-state index < -0.39 is 0 Å². The van der Waals surface area contributed by atoms with Crippen LogP contribution in [0.5, 0.6) is 0 Å². The monoisotopic (exact) mass is 244 g/mol. The number of halogens is 1. The van der Waals surface area contributed by atoms with Crippen LogP contribution in [0.4, 0.5) is 11.4 Å². The average Bonchev–Trinajstić information content (AvgIpc) is 2.21. The normalized spacial score (nSPS) is 12.5. The molecule has 1 rings (SSSR count). The van der Waals surface area contributed by atoms with Gasteiger partial charge in [-0.1, -0.05) is 24.6 Å². The molecule has 0 aliphatic heterocycles. The number of anilines is 2. The number of hydrogen-bond donors (Lipinski definition) is 2. The van der Waals surface area contributed by atoms with Crippen LogP contribution in [0.25, 0.3) is 0 Å². The third-order valence-corrected chi connectivity index (χ3v) is 3.47. The second kappa shape index (κ2) is 6.13. The largest absolute Gasteiger partial charge is 0.397 e. The summed E-state index contributed by atoms with van der Waals surface area (Å²) in [5.74, 6) is 2.19. The van der Waals surface area contributed by atoms with Crippen molar-refractivity contribution in [2.75, 3.05) is 22.6 Å². The maximum Gasteiger partial charge on any atom is 0.0765 e. The Kier molecular flexibility index (Phi) is 5.12. The fourth-order valence-electron chi connectivity index (χ4n) is 1.28. The first-order chi connectivity index (χ1) is 7.15. The highest BCUT2D eigenvalue weighted by atomic mass is 35.5. The first kappa shape index (κ1) is 12.5. The molecule has 0 aromatic heterocycles. The van der Waals surface area contributed by atoms with Gasteiger partial charge in [-0.25, -0.2) is 0 Å². The number of benzene rings is 1. The van der Waals surface area contributed by atoms with Gasteiger partial charge in [-0.3, -0.25) is 0 Å². The standard InChI is InChI=1S/C11H17ClN2S/c1-3-15-7-8(2)14-11-9(12)5-4-6-10(11)13/h4-6,8,14H,3,7,13H2,1-2H3. The Morgan fingerprint density at radius 3 is 2.87 bits per heavy atom. The van der Waals surface area contributed by atoms with Gasteiger partial charge in [0, 0.05) is 11.8 Å². The third kappa shape index (κ3) is 3.84. The number of hydrogen-bond acceptors (Lipinski definition) is 3. The molecule has 1 unspecified atom stereocenters. The van der Waals surface area contributed by atoms with Gasteiger partial charge in [-0.2, -0.15) is 11.8 Å². The molecule has 0 saturated heterocycles. The SMILES string of the molecule is CCSCC(C)Nc1c(N)cccc1Cl. The van der Waals surface area contributed by atoms with Crippen LogP contribution in [0, 0.1) is 0 Å². The summed E-state index contributed by atoms with van der Waals surface area (Å²) in [5, 5.41) is 4.02. The molecule has 0 heterocycles. The molecule has 0 aliphatic rings. The Morgan fingerprint density at radius 1 is 1.53 bits per heavy atom. The van der Waals surface area contributed by atoms with Gasteiger partial charge in [0.05, 0.1) is 16.4 Å². The summed E-state index contributed by atoms with van der Waals surface area (Å²) in [6.45, 7) is 4.28. The van der Waals surface area contributed by atoms with Gasteiger partial charge in [0.1, 0.15) is 0 Å². The summed E-state index contributed by atoms with van der Waals surface area (Å²) < 4.78 is 0. The Labute approximate surface area is 101 Å². The van der Waals surface area contributed by atoms with Crippen LogP contribution in [0.15, 0.2) is 18.2 Å². The third-order valence-electron chi connectivity index (χ3n) is 2.01. The van der Waals surface area contributed by atoms with Crippen LogP contribution >= 0.6 is 23.4 Å². The van der Waals surface area contributed by atoms with Crippen molar-refractivity contribution in [3.05, 3.63) is 23.2 Å². The summed E-state index contributed by atoms with van der Waals surface area (Å²) in [7, 11) is 0. The lowest BCUT2D eigenvalue weighted by atomic mass is 10.2. The first-order valence-electron chi connectivity index (χ1n) is 5.03. The van der Waals surface area contributed by atoms with E-state index in [1.165, 1.54) is 0 Å². The number of thioether (sulfide) groups is 1. The molecule has 0 bridgehead atoms. The lowest BCUT2D eigenvalue weighted by molar-refractivity contribution is 0.914. The lowest BCUT2D eigenvalue weighted by Crippen LogP contribution is -2.19. The van der Waals surface area contributed by atoms with E-state index in [1.807, 2.05) is 30.0 Å². The molecular formula is C11H17ClN2S. The molecule has 0 spiro atoms. The predicted molar refractivity (Wildman–Crippen MR) is 71.9 cm³/mol. The van der Waals surface area contributed by atoms with E-state index in [0.29, 0.717) is 16.8 Å². The van der Waals surface area contributed by atoms with E-state index in [1.54, 1.807) is 0 Å². The number of para-hydroxylation sites is 1. The summed E-state index contributed by atoms with van der Waals surface area (Å²) in [6.07, 6.45) is 0. The van der Waals surface area contributed by atoms with Crippen LogP contribution in [0.3, 0.4) is 0 Å². The molecule has 0 fully saturated rings. The van der Waals surface area contributed by atoms with Gasteiger partial charge in [0.2, 0.25) is 0 Å². The molecule has 2 nitrogen and oxygen atoms in total. The minimum absolute atomic E-state index is 0.372. The zero-order chi connectivity index (χ0) is 11.3. The van der Waals surface area contributed by atoms with Crippen molar-refractivity contribution >= 4 is 34.7 Å². The molecule has 1 atom stereocenters. The second-order valence-corrected chi connectivity index (χ2v) is 5.14.